The molecule has 2 aliphatic rings. The van der Waals surface area contributed by atoms with Crippen molar-refractivity contribution in [2.75, 3.05) is 18.1 Å². The first-order valence-corrected chi connectivity index (χ1v) is 7.18. The Balaban J connectivity index is 1.80. The van der Waals surface area contributed by atoms with Gasteiger partial charge in [0, 0.05) is 6.54 Å². The summed E-state index contributed by atoms with van der Waals surface area (Å²) in [6.45, 7) is 0.887. The topological polar surface area (TPSA) is 72.6 Å². The molecule has 0 bridgehead atoms. The lowest BCUT2D eigenvalue weighted by atomic mass is 9.85. The lowest BCUT2D eigenvalue weighted by Crippen LogP contribution is -2.30. The third-order valence-corrected chi connectivity index (χ3v) is 3.99. The van der Waals surface area contributed by atoms with Gasteiger partial charge in [-0.3, -0.25) is 14.5 Å². The SMILES string of the molecule is NCCOc1ccc(N2C(=O)[C@H]3CC=CC[C@H]3C2=O)cc1. The van der Waals surface area contributed by atoms with E-state index in [1.807, 2.05) is 12.2 Å². The lowest BCUT2D eigenvalue weighted by Gasteiger charge is -2.15. The summed E-state index contributed by atoms with van der Waals surface area (Å²) in [5, 5.41) is 0. The van der Waals surface area contributed by atoms with E-state index in [4.69, 9.17) is 10.5 Å². The van der Waals surface area contributed by atoms with Crippen molar-refractivity contribution in [1.29, 1.82) is 0 Å². The first-order chi connectivity index (χ1) is 10.2. The van der Waals surface area contributed by atoms with E-state index in [1.165, 1.54) is 4.90 Å². The highest BCUT2D eigenvalue weighted by Gasteiger charge is 2.47. The molecule has 2 N–H and O–H groups in total. The molecular formula is C16H18N2O3. The fourth-order valence-electron chi connectivity index (χ4n) is 2.92. The number of nitrogens with zero attached hydrogens (tertiary/aromatic N) is 1. The third-order valence-electron chi connectivity index (χ3n) is 3.99. The minimum atomic E-state index is -0.198. The number of hydrogen-bond acceptors (Lipinski definition) is 4. The molecule has 0 aromatic heterocycles. The average Bonchev–Trinajstić information content (AvgIpc) is 2.78. The minimum Gasteiger partial charge on any atom is -0.492 e. The zero-order valence-electron chi connectivity index (χ0n) is 11.7. The van der Waals surface area contributed by atoms with Crippen molar-refractivity contribution >= 4 is 17.5 Å². The summed E-state index contributed by atoms with van der Waals surface area (Å²) < 4.78 is 5.40. The van der Waals surface area contributed by atoms with Gasteiger partial charge >= 0.3 is 0 Å². The molecule has 1 heterocycles. The normalized spacial score (nSPS) is 24.3. The van der Waals surface area contributed by atoms with Gasteiger partial charge in [0.15, 0.2) is 0 Å². The van der Waals surface area contributed by atoms with Gasteiger partial charge in [0.2, 0.25) is 11.8 Å². The van der Waals surface area contributed by atoms with Crippen molar-refractivity contribution < 1.29 is 14.3 Å². The summed E-state index contributed by atoms with van der Waals surface area (Å²) in [6.07, 6.45) is 5.28. The number of anilines is 1. The molecule has 5 heteroatoms. The zero-order chi connectivity index (χ0) is 14.8. The van der Waals surface area contributed by atoms with E-state index >= 15 is 0 Å². The number of ether oxygens (including phenoxy) is 1. The molecule has 21 heavy (non-hydrogen) atoms. The summed E-state index contributed by atoms with van der Waals surface area (Å²) in [4.78, 5) is 26.2. The molecule has 1 fully saturated rings. The van der Waals surface area contributed by atoms with Crippen molar-refractivity contribution in [3.8, 4) is 5.75 Å². The van der Waals surface area contributed by atoms with E-state index < -0.39 is 0 Å². The van der Waals surface area contributed by atoms with Crippen LogP contribution in [0.2, 0.25) is 0 Å². The van der Waals surface area contributed by atoms with E-state index in [1.54, 1.807) is 24.3 Å². The van der Waals surface area contributed by atoms with Crippen LogP contribution >= 0.6 is 0 Å². The van der Waals surface area contributed by atoms with Gasteiger partial charge in [-0.2, -0.15) is 0 Å². The van der Waals surface area contributed by atoms with E-state index in [9.17, 15) is 9.59 Å². The Labute approximate surface area is 123 Å². The van der Waals surface area contributed by atoms with Gasteiger partial charge in [-0.1, -0.05) is 12.2 Å². The van der Waals surface area contributed by atoms with Crippen LogP contribution < -0.4 is 15.4 Å². The Bertz CT molecular complexity index is 554. The van der Waals surface area contributed by atoms with Crippen LogP contribution in [-0.4, -0.2) is 25.0 Å². The van der Waals surface area contributed by atoms with Gasteiger partial charge in [0.05, 0.1) is 17.5 Å². The zero-order valence-corrected chi connectivity index (χ0v) is 11.7. The van der Waals surface area contributed by atoms with Gasteiger partial charge in [0.25, 0.3) is 0 Å². The standard InChI is InChI=1S/C16H18N2O3/c17-9-10-21-12-7-5-11(6-8-12)18-15(19)13-3-1-2-4-14(13)16(18)20/h1-2,5-8,13-14H,3-4,9-10,17H2/t13-,14+. The van der Waals surface area contributed by atoms with Gasteiger partial charge in [-0.05, 0) is 37.1 Å². The molecule has 1 aliphatic carbocycles. The monoisotopic (exact) mass is 286 g/mol. The second-order valence-electron chi connectivity index (χ2n) is 5.30. The fraction of sp³-hybridized carbons (Fsp3) is 0.375. The molecule has 1 saturated heterocycles. The van der Waals surface area contributed by atoms with E-state index in [0.29, 0.717) is 37.4 Å². The molecule has 0 radical (unpaired) electrons. The van der Waals surface area contributed by atoms with E-state index in [-0.39, 0.29) is 23.7 Å². The molecule has 1 aromatic rings. The van der Waals surface area contributed by atoms with Crippen LogP contribution in [-0.2, 0) is 9.59 Å². The second-order valence-corrected chi connectivity index (χ2v) is 5.30. The van der Waals surface area contributed by atoms with Gasteiger partial charge in [-0.15, -0.1) is 0 Å². The lowest BCUT2D eigenvalue weighted by molar-refractivity contribution is -0.122. The Morgan fingerprint density at radius 3 is 2.14 bits per heavy atom. The molecule has 3 rings (SSSR count). The van der Waals surface area contributed by atoms with Crippen molar-refractivity contribution in [3.05, 3.63) is 36.4 Å². The average molecular weight is 286 g/mol. The number of benzene rings is 1. The number of rotatable bonds is 4. The van der Waals surface area contributed by atoms with Crippen molar-refractivity contribution in [1.82, 2.24) is 0 Å². The number of nitrogens with two attached hydrogens (primary N) is 1. The van der Waals surface area contributed by atoms with Crippen LogP contribution in [0.4, 0.5) is 5.69 Å². The molecular weight excluding hydrogens is 268 g/mol. The first kappa shape index (κ1) is 13.8. The van der Waals surface area contributed by atoms with Gasteiger partial charge < -0.3 is 10.5 Å². The van der Waals surface area contributed by atoms with Crippen LogP contribution in [0.3, 0.4) is 0 Å². The van der Waals surface area contributed by atoms with Gasteiger partial charge in [-0.25, -0.2) is 0 Å². The van der Waals surface area contributed by atoms with E-state index in [2.05, 4.69) is 0 Å². The van der Waals surface area contributed by atoms with Crippen LogP contribution in [0.15, 0.2) is 36.4 Å². The molecule has 1 aromatic carbocycles. The molecule has 2 atom stereocenters. The number of carbonyl (C=O) groups excluding carboxylic acids is 2. The number of hydrogen-bond donors (Lipinski definition) is 1. The number of carbonyl (C=O) groups is 2. The number of fused-ring (bicyclic) bond motifs is 1. The summed E-state index contributed by atoms with van der Waals surface area (Å²) >= 11 is 0. The summed E-state index contributed by atoms with van der Waals surface area (Å²) in [5.74, 6) is 0.101. The molecule has 0 saturated carbocycles. The quantitative estimate of drug-likeness (QED) is 0.672. The minimum absolute atomic E-state index is 0.0926. The van der Waals surface area contributed by atoms with Crippen molar-refractivity contribution in [2.45, 2.75) is 12.8 Å². The first-order valence-electron chi connectivity index (χ1n) is 7.18. The molecule has 0 spiro atoms. The highest BCUT2D eigenvalue weighted by molar-refractivity contribution is 6.22. The van der Waals surface area contributed by atoms with Crippen molar-refractivity contribution in [3.63, 3.8) is 0 Å². The van der Waals surface area contributed by atoms with Crippen LogP contribution in [0.5, 0.6) is 5.75 Å². The Morgan fingerprint density at radius 1 is 1.05 bits per heavy atom. The Morgan fingerprint density at radius 2 is 1.62 bits per heavy atom. The Kier molecular flexibility index (Phi) is 3.75. The van der Waals surface area contributed by atoms with Crippen LogP contribution in [0, 0.1) is 11.8 Å². The Hall–Kier alpha value is -2.14. The second kappa shape index (κ2) is 5.69. The number of imide groups is 1. The van der Waals surface area contributed by atoms with Crippen LogP contribution in [0.1, 0.15) is 12.8 Å². The molecule has 0 unspecified atom stereocenters. The molecule has 1 aliphatic heterocycles. The molecule has 5 nitrogen and oxygen atoms in total. The largest absolute Gasteiger partial charge is 0.492 e. The molecule has 2 amide bonds. The maximum absolute atomic E-state index is 12.4. The number of allylic oxidation sites excluding steroid dienone is 2. The molecule has 110 valence electrons. The number of amides is 2. The fourth-order valence-corrected chi connectivity index (χ4v) is 2.92. The third kappa shape index (κ3) is 2.45. The summed E-state index contributed by atoms with van der Waals surface area (Å²) in [6, 6.07) is 7.00. The highest BCUT2D eigenvalue weighted by atomic mass is 16.5. The van der Waals surface area contributed by atoms with Crippen LogP contribution in [0.25, 0.3) is 0 Å². The van der Waals surface area contributed by atoms with E-state index in [0.717, 1.165) is 0 Å². The maximum Gasteiger partial charge on any atom is 0.238 e. The predicted molar refractivity (Wildman–Crippen MR) is 78.8 cm³/mol. The smallest absolute Gasteiger partial charge is 0.238 e. The predicted octanol–water partition coefficient (Wildman–Crippen LogP) is 1.48. The maximum atomic E-state index is 12.4. The summed E-state index contributed by atoms with van der Waals surface area (Å²) in [7, 11) is 0. The highest BCUT2D eigenvalue weighted by Crippen LogP contribution is 2.37. The van der Waals surface area contributed by atoms with Gasteiger partial charge in [0.1, 0.15) is 12.4 Å². The van der Waals surface area contributed by atoms with Crippen molar-refractivity contribution in [2.24, 2.45) is 17.6 Å². The summed E-state index contributed by atoms with van der Waals surface area (Å²) in [5.41, 5.74) is 5.99.